The van der Waals surface area contributed by atoms with Crippen LogP contribution in [0.1, 0.15) is 25.0 Å². The minimum atomic E-state index is 0.781. The van der Waals surface area contributed by atoms with Crippen LogP contribution in [0, 0.1) is 17.8 Å². The van der Waals surface area contributed by atoms with Crippen LogP contribution in [-0.2, 0) is 13.5 Å². The molecule has 3 rings (SSSR count). The molecule has 0 aromatic carbocycles. The summed E-state index contributed by atoms with van der Waals surface area (Å²) in [5.74, 6) is 3.79. The van der Waals surface area contributed by atoms with E-state index in [4.69, 9.17) is 5.73 Å². The van der Waals surface area contributed by atoms with Gasteiger partial charge in [0.2, 0.25) is 0 Å². The largest absolute Gasteiger partial charge is 0.384 e. The molecule has 0 saturated heterocycles. The van der Waals surface area contributed by atoms with E-state index in [2.05, 4.69) is 5.10 Å². The summed E-state index contributed by atoms with van der Waals surface area (Å²) in [5.41, 5.74) is 6.92. The van der Waals surface area contributed by atoms with Crippen LogP contribution < -0.4 is 5.73 Å². The van der Waals surface area contributed by atoms with Crippen LogP contribution in [-0.4, -0.2) is 9.78 Å². The quantitative estimate of drug-likeness (QED) is 0.788. The maximum absolute atomic E-state index is 5.74. The fourth-order valence-electron chi connectivity index (χ4n) is 2.52. The molecular weight excluding hydrogens is 174 g/mol. The summed E-state index contributed by atoms with van der Waals surface area (Å²) >= 11 is 0. The molecule has 0 aliphatic heterocycles. The predicted molar refractivity (Wildman–Crippen MR) is 55.6 cm³/mol. The Morgan fingerprint density at radius 3 is 2.93 bits per heavy atom. The van der Waals surface area contributed by atoms with Crippen molar-refractivity contribution in [1.29, 1.82) is 0 Å². The molecule has 0 spiro atoms. The molecule has 2 aliphatic rings. The van der Waals surface area contributed by atoms with Gasteiger partial charge in [0, 0.05) is 13.1 Å². The molecule has 0 amide bonds. The lowest BCUT2D eigenvalue weighted by Gasteiger charge is -1.94. The fourth-order valence-corrected chi connectivity index (χ4v) is 2.52. The van der Waals surface area contributed by atoms with E-state index in [0.717, 1.165) is 30.0 Å². The molecule has 0 radical (unpaired) electrons. The SMILES string of the molecule is Cn1nc(C[C@@H]2C[C@H]2C2CC2)cc1N. The summed E-state index contributed by atoms with van der Waals surface area (Å²) in [4.78, 5) is 0. The van der Waals surface area contributed by atoms with Crippen molar-refractivity contribution < 1.29 is 0 Å². The molecule has 0 bridgehead atoms. The highest BCUT2D eigenvalue weighted by atomic mass is 15.3. The lowest BCUT2D eigenvalue weighted by atomic mass is 10.1. The number of nitrogen functional groups attached to an aromatic ring is 1. The Kier molecular flexibility index (Phi) is 1.64. The molecule has 3 heteroatoms. The monoisotopic (exact) mass is 191 g/mol. The molecular formula is C11H17N3. The second kappa shape index (κ2) is 2.75. The molecule has 1 heterocycles. The van der Waals surface area contributed by atoms with Crippen molar-refractivity contribution in [3.05, 3.63) is 11.8 Å². The van der Waals surface area contributed by atoms with Gasteiger partial charge < -0.3 is 5.73 Å². The zero-order valence-corrected chi connectivity index (χ0v) is 8.61. The smallest absolute Gasteiger partial charge is 0.121 e. The van der Waals surface area contributed by atoms with Gasteiger partial charge in [-0.15, -0.1) is 0 Å². The Bertz CT molecular complexity index is 332. The van der Waals surface area contributed by atoms with Gasteiger partial charge >= 0.3 is 0 Å². The predicted octanol–water partition coefficient (Wildman–Crippen LogP) is 1.59. The van der Waals surface area contributed by atoms with Crippen molar-refractivity contribution >= 4 is 5.82 Å². The third-order valence-corrected chi connectivity index (χ3v) is 3.64. The number of hydrogen-bond acceptors (Lipinski definition) is 2. The number of hydrogen-bond donors (Lipinski definition) is 1. The first-order valence-corrected chi connectivity index (χ1v) is 5.52. The van der Waals surface area contributed by atoms with E-state index in [1.807, 2.05) is 13.1 Å². The molecule has 1 aromatic rings. The van der Waals surface area contributed by atoms with Gasteiger partial charge in [-0.25, -0.2) is 0 Å². The first-order chi connectivity index (χ1) is 6.74. The Hall–Kier alpha value is -0.990. The minimum absolute atomic E-state index is 0.781. The van der Waals surface area contributed by atoms with Crippen LogP contribution in [0.15, 0.2) is 6.07 Å². The Labute approximate surface area is 84.3 Å². The molecule has 3 nitrogen and oxygen atoms in total. The Morgan fingerprint density at radius 1 is 1.57 bits per heavy atom. The van der Waals surface area contributed by atoms with E-state index < -0.39 is 0 Å². The highest BCUT2D eigenvalue weighted by Gasteiger charge is 2.47. The molecule has 0 unspecified atom stereocenters. The lowest BCUT2D eigenvalue weighted by Crippen LogP contribution is -1.97. The number of anilines is 1. The summed E-state index contributed by atoms with van der Waals surface area (Å²) in [6, 6.07) is 2.02. The topological polar surface area (TPSA) is 43.8 Å². The number of nitrogens with zero attached hydrogens (tertiary/aromatic N) is 2. The van der Waals surface area contributed by atoms with Crippen molar-refractivity contribution in [2.75, 3.05) is 5.73 Å². The van der Waals surface area contributed by atoms with Gasteiger partial charge in [-0.05, 0) is 43.4 Å². The molecule has 14 heavy (non-hydrogen) atoms. The standard InChI is InChI=1S/C11H17N3/c1-14-11(12)6-9(13-14)4-8-5-10(8)7-2-3-7/h6-8,10H,2-5,12H2,1H3/t8-,10+/m1/s1. The number of aryl methyl sites for hydroxylation is 1. The summed E-state index contributed by atoms with van der Waals surface area (Å²) in [5, 5.41) is 4.40. The van der Waals surface area contributed by atoms with Gasteiger partial charge in [0.25, 0.3) is 0 Å². The van der Waals surface area contributed by atoms with Crippen LogP contribution in [0.25, 0.3) is 0 Å². The molecule has 2 N–H and O–H groups in total. The maximum atomic E-state index is 5.74. The van der Waals surface area contributed by atoms with Crippen LogP contribution >= 0.6 is 0 Å². The lowest BCUT2D eigenvalue weighted by molar-refractivity contribution is 0.614. The molecule has 2 atom stereocenters. The molecule has 2 fully saturated rings. The van der Waals surface area contributed by atoms with Crippen LogP contribution in [0.4, 0.5) is 5.82 Å². The number of rotatable bonds is 3. The van der Waals surface area contributed by atoms with E-state index in [9.17, 15) is 0 Å². The third kappa shape index (κ3) is 1.41. The first-order valence-electron chi connectivity index (χ1n) is 5.52. The zero-order chi connectivity index (χ0) is 9.71. The van der Waals surface area contributed by atoms with Gasteiger partial charge in [-0.1, -0.05) is 0 Å². The molecule has 2 aliphatic carbocycles. The van der Waals surface area contributed by atoms with Crippen molar-refractivity contribution in [2.24, 2.45) is 24.8 Å². The van der Waals surface area contributed by atoms with Gasteiger partial charge in [0.15, 0.2) is 0 Å². The van der Waals surface area contributed by atoms with Crippen molar-refractivity contribution in [1.82, 2.24) is 9.78 Å². The minimum Gasteiger partial charge on any atom is -0.384 e. The number of nitrogens with two attached hydrogens (primary N) is 1. The maximum Gasteiger partial charge on any atom is 0.121 e. The normalized spacial score (nSPS) is 30.6. The van der Waals surface area contributed by atoms with Gasteiger partial charge in [-0.3, -0.25) is 4.68 Å². The first kappa shape index (κ1) is 8.33. The van der Waals surface area contributed by atoms with Crippen molar-refractivity contribution in [3.63, 3.8) is 0 Å². The van der Waals surface area contributed by atoms with E-state index >= 15 is 0 Å². The average molecular weight is 191 g/mol. The number of aromatic nitrogens is 2. The van der Waals surface area contributed by atoms with E-state index in [1.165, 1.54) is 25.0 Å². The summed E-state index contributed by atoms with van der Waals surface area (Å²) < 4.78 is 1.77. The Morgan fingerprint density at radius 2 is 2.36 bits per heavy atom. The molecule has 76 valence electrons. The molecule has 1 aromatic heterocycles. The highest BCUT2D eigenvalue weighted by Crippen LogP contribution is 2.55. The summed E-state index contributed by atoms with van der Waals surface area (Å²) in [7, 11) is 1.91. The van der Waals surface area contributed by atoms with Gasteiger partial charge in [0.1, 0.15) is 5.82 Å². The Balaban J connectivity index is 1.62. The highest BCUT2D eigenvalue weighted by molar-refractivity contribution is 5.30. The average Bonchev–Trinajstić information content (AvgIpc) is 2.95. The fraction of sp³-hybridized carbons (Fsp3) is 0.727. The van der Waals surface area contributed by atoms with Crippen LogP contribution in [0.3, 0.4) is 0 Å². The van der Waals surface area contributed by atoms with Crippen LogP contribution in [0.5, 0.6) is 0 Å². The van der Waals surface area contributed by atoms with Gasteiger partial charge in [-0.2, -0.15) is 5.10 Å². The third-order valence-electron chi connectivity index (χ3n) is 3.64. The van der Waals surface area contributed by atoms with E-state index in [-0.39, 0.29) is 0 Å². The van der Waals surface area contributed by atoms with Crippen LogP contribution in [0.2, 0.25) is 0 Å². The summed E-state index contributed by atoms with van der Waals surface area (Å²) in [6.45, 7) is 0. The van der Waals surface area contributed by atoms with Crippen molar-refractivity contribution in [2.45, 2.75) is 25.7 Å². The second-order valence-corrected chi connectivity index (χ2v) is 4.89. The van der Waals surface area contributed by atoms with Crippen molar-refractivity contribution in [3.8, 4) is 0 Å². The van der Waals surface area contributed by atoms with Gasteiger partial charge in [0.05, 0.1) is 5.69 Å². The second-order valence-electron chi connectivity index (χ2n) is 4.89. The summed E-state index contributed by atoms with van der Waals surface area (Å²) in [6.07, 6.45) is 5.53. The van der Waals surface area contributed by atoms with E-state index in [1.54, 1.807) is 4.68 Å². The zero-order valence-electron chi connectivity index (χ0n) is 8.61. The molecule has 2 saturated carbocycles. The van der Waals surface area contributed by atoms with E-state index in [0.29, 0.717) is 0 Å².